The molecule has 1 aromatic heterocycles. The van der Waals surface area contributed by atoms with Crippen molar-refractivity contribution in [3.63, 3.8) is 0 Å². The van der Waals surface area contributed by atoms with E-state index < -0.39 is 4.92 Å². The summed E-state index contributed by atoms with van der Waals surface area (Å²) in [5, 5.41) is 10.2. The van der Waals surface area contributed by atoms with E-state index in [2.05, 4.69) is 4.98 Å². The van der Waals surface area contributed by atoms with Crippen LogP contribution < -0.4 is 0 Å². The average Bonchev–Trinajstić information content (AvgIpc) is 2.36. The van der Waals surface area contributed by atoms with E-state index in [1.807, 2.05) is 0 Å². The van der Waals surface area contributed by atoms with Crippen molar-refractivity contribution in [1.82, 2.24) is 9.55 Å². The van der Waals surface area contributed by atoms with Crippen LogP contribution in [0.3, 0.4) is 0 Å². The molecule has 0 aliphatic carbocycles. The predicted octanol–water partition coefficient (Wildman–Crippen LogP) is 0.395. The lowest BCUT2D eigenvalue weighted by molar-refractivity contribution is -0.397. The molecular weight excluding hydrogens is 150 g/mol. The summed E-state index contributed by atoms with van der Waals surface area (Å²) in [4.78, 5) is 13.2. The monoisotopic (exact) mass is 157 g/mol. The molecule has 60 valence electrons. The molecule has 1 aromatic rings. The molecule has 0 aromatic carbocycles. The highest BCUT2D eigenvalue weighted by molar-refractivity contribution is 5.05. The van der Waals surface area contributed by atoms with Gasteiger partial charge in [-0.15, -0.1) is 0 Å². The second-order valence-electron chi connectivity index (χ2n) is 1.87. The standard InChI is InChI=1S/C5H7N3O3/c1-11-4-7-3-2-6-5(7)8(9)10/h2-3H,4H2,1H3. The first-order chi connectivity index (χ1) is 5.25. The van der Waals surface area contributed by atoms with Crippen molar-refractivity contribution in [3.8, 4) is 0 Å². The number of ether oxygens (including phenoxy) is 1. The number of hydrogen-bond acceptors (Lipinski definition) is 4. The maximum Gasteiger partial charge on any atom is 0.436 e. The molecule has 0 radical (unpaired) electrons. The Balaban J connectivity index is 2.87. The van der Waals surface area contributed by atoms with Crippen LogP contribution in [0.2, 0.25) is 0 Å². The van der Waals surface area contributed by atoms with Crippen molar-refractivity contribution < 1.29 is 9.66 Å². The average molecular weight is 157 g/mol. The van der Waals surface area contributed by atoms with E-state index in [9.17, 15) is 10.1 Å². The summed E-state index contributed by atoms with van der Waals surface area (Å²) in [7, 11) is 1.46. The second kappa shape index (κ2) is 3.11. The Morgan fingerprint density at radius 1 is 1.91 bits per heavy atom. The summed E-state index contributed by atoms with van der Waals surface area (Å²) in [5.74, 6) is -0.202. The van der Waals surface area contributed by atoms with Crippen LogP contribution in [-0.2, 0) is 11.5 Å². The van der Waals surface area contributed by atoms with E-state index >= 15 is 0 Å². The van der Waals surface area contributed by atoms with Crippen LogP contribution in [0.1, 0.15) is 0 Å². The van der Waals surface area contributed by atoms with Gasteiger partial charge < -0.3 is 14.9 Å². The lowest BCUT2D eigenvalue weighted by atomic mass is 10.9. The van der Waals surface area contributed by atoms with Gasteiger partial charge in [0.1, 0.15) is 12.4 Å². The number of aromatic nitrogens is 2. The molecule has 0 atom stereocenters. The lowest BCUT2D eigenvalue weighted by Crippen LogP contribution is -2.03. The third-order valence-electron chi connectivity index (χ3n) is 1.12. The third-order valence-corrected chi connectivity index (χ3v) is 1.12. The molecule has 0 aliphatic heterocycles. The van der Waals surface area contributed by atoms with Crippen LogP contribution in [-0.4, -0.2) is 21.6 Å². The van der Waals surface area contributed by atoms with Gasteiger partial charge in [0.15, 0.2) is 6.73 Å². The first-order valence-corrected chi connectivity index (χ1v) is 2.90. The molecule has 6 heteroatoms. The molecule has 0 aliphatic rings. The first kappa shape index (κ1) is 7.67. The molecular formula is C5H7N3O3. The Hall–Kier alpha value is -1.43. The molecule has 0 fully saturated rings. The zero-order chi connectivity index (χ0) is 8.27. The van der Waals surface area contributed by atoms with Crippen molar-refractivity contribution in [3.05, 3.63) is 22.5 Å². The second-order valence-corrected chi connectivity index (χ2v) is 1.87. The molecule has 6 nitrogen and oxygen atoms in total. The zero-order valence-electron chi connectivity index (χ0n) is 5.93. The van der Waals surface area contributed by atoms with Gasteiger partial charge in [0, 0.05) is 7.11 Å². The van der Waals surface area contributed by atoms with Gasteiger partial charge in [0.2, 0.25) is 0 Å². The van der Waals surface area contributed by atoms with Crippen molar-refractivity contribution in [1.29, 1.82) is 0 Å². The Morgan fingerprint density at radius 2 is 2.64 bits per heavy atom. The molecule has 0 saturated heterocycles. The summed E-state index contributed by atoms with van der Waals surface area (Å²) in [6.07, 6.45) is 2.85. The van der Waals surface area contributed by atoms with Gasteiger partial charge in [-0.25, -0.2) is 4.57 Å². The molecule has 0 bridgehead atoms. The van der Waals surface area contributed by atoms with Crippen molar-refractivity contribution in [2.45, 2.75) is 6.73 Å². The Morgan fingerprint density at radius 3 is 3.18 bits per heavy atom. The quantitative estimate of drug-likeness (QED) is 0.470. The van der Waals surface area contributed by atoms with E-state index in [-0.39, 0.29) is 12.7 Å². The van der Waals surface area contributed by atoms with Gasteiger partial charge in [-0.05, 0) is 4.92 Å². The minimum absolute atomic E-state index is 0.149. The zero-order valence-corrected chi connectivity index (χ0v) is 5.93. The highest BCUT2D eigenvalue weighted by atomic mass is 16.6. The number of nitro groups is 1. The fraction of sp³-hybridized carbons (Fsp3) is 0.400. The highest BCUT2D eigenvalue weighted by Crippen LogP contribution is 2.06. The van der Waals surface area contributed by atoms with Crippen molar-refractivity contribution >= 4 is 5.95 Å². The number of hydrogen-bond donors (Lipinski definition) is 0. The first-order valence-electron chi connectivity index (χ1n) is 2.90. The van der Waals surface area contributed by atoms with Gasteiger partial charge >= 0.3 is 5.95 Å². The summed E-state index contributed by atoms with van der Waals surface area (Å²) in [6.45, 7) is 0.149. The molecule has 0 spiro atoms. The third kappa shape index (κ3) is 1.53. The summed E-state index contributed by atoms with van der Waals surface area (Å²) in [6, 6.07) is 0. The number of methoxy groups -OCH3 is 1. The van der Waals surface area contributed by atoms with E-state index in [0.717, 1.165) is 0 Å². The van der Waals surface area contributed by atoms with Gasteiger partial charge in [0.25, 0.3) is 0 Å². The molecule has 11 heavy (non-hydrogen) atoms. The topological polar surface area (TPSA) is 70.2 Å². The fourth-order valence-electron chi connectivity index (χ4n) is 0.713. The Kier molecular flexibility index (Phi) is 2.17. The molecule has 1 heterocycles. The molecule has 0 saturated carbocycles. The highest BCUT2D eigenvalue weighted by Gasteiger charge is 2.12. The normalized spacial score (nSPS) is 9.91. The summed E-state index contributed by atoms with van der Waals surface area (Å²) >= 11 is 0. The van der Waals surface area contributed by atoms with Gasteiger partial charge in [0.05, 0.1) is 0 Å². The molecule has 0 N–H and O–H groups in total. The van der Waals surface area contributed by atoms with Crippen LogP contribution in [0.15, 0.2) is 12.4 Å². The minimum atomic E-state index is -0.557. The smallest absolute Gasteiger partial charge is 0.390 e. The Bertz CT molecular complexity index is 257. The number of rotatable bonds is 3. The fourth-order valence-corrected chi connectivity index (χ4v) is 0.713. The van der Waals surface area contributed by atoms with Crippen LogP contribution in [0.5, 0.6) is 0 Å². The van der Waals surface area contributed by atoms with Crippen molar-refractivity contribution in [2.75, 3.05) is 7.11 Å². The molecule has 0 unspecified atom stereocenters. The van der Waals surface area contributed by atoms with Gasteiger partial charge in [-0.2, -0.15) is 0 Å². The van der Waals surface area contributed by atoms with E-state index in [1.54, 1.807) is 0 Å². The largest absolute Gasteiger partial charge is 0.436 e. The number of nitrogens with zero attached hydrogens (tertiary/aromatic N) is 3. The van der Waals surface area contributed by atoms with E-state index in [0.29, 0.717) is 0 Å². The number of imidazole rings is 1. The van der Waals surface area contributed by atoms with Gasteiger partial charge in [-0.3, -0.25) is 0 Å². The van der Waals surface area contributed by atoms with E-state index in [4.69, 9.17) is 4.74 Å². The van der Waals surface area contributed by atoms with Crippen LogP contribution in [0.25, 0.3) is 0 Å². The maximum absolute atomic E-state index is 10.2. The van der Waals surface area contributed by atoms with Gasteiger partial charge in [-0.1, -0.05) is 4.98 Å². The lowest BCUT2D eigenvalue weighted by Gasteiger charge is -1.97. The SMILES string of the molecule is COCn1ccnc1[N+](=O)[O-]. The molecule has 1 rings (SSSR count). The van der Waals surface area contributed by atoms with Crippen molar-refractivity contribution in [2.24, 2.45) is 0 Å². The summed E-state index contributed by atoms with van der Waals surface area (Å²) in [5.41, 5.74) is 0. The molecule has 0 amide bonds. The summed E-state index contributed by atoms with van der Waals surface area (Å²) < 4.78 is 6.00. The van der Waals surface area contributed by atoms with Crippen LogP contribution in [0.4, 0.5) is 5.95 Å². The van der Waals surface area contributed by atoms with E-state index in [1.165, 1.54) is 24.1 Å². The van der Waals surface area contributed by atoms with Crippen LogP contribution in [0, 0.1) is 10.1 Å². The minimum Gasteiger partial charge on any atom is -0.390 e. The van der Waals surface area contributed by atoms with Crippen LogP contribution >= 0.6 is 0 Å². The Labute approximate surface area is 62.6 Å². The predicted molar refractivity (Wildman–Crippen MR) is 35.9 cm³/mol. The maximum atomic E-state index is 10.2.